The van der Waals surface area contributed by atoms with Gasteiger partial charge >= 0.3 is 5.97 Å². The van der Waals surface area contributed by atoms with Gasteiger partial charge in [0.15, 0.2) is 0 Å². The summed E-state index contributed by atoms with van der Waals surface area (Å²) < 4.78 is 13.3. The van der Waals surface area contributed by atoms with Crippen LogP contribution in [0.3, 0.4) is 0 Å². The molecule has 0 amide bonds. The molecule has 0 unspecified atom stereocenters. The first kappa shape index (κ1) is 12.0. The van der Waals surface area contributed by atoms with E-state index in [4.69, 9.17) is 5.11 Å². The van der Waals surface area contributed by atoms with Gasteiger partial charge in [-0.1, -0.05) is 30.3 Å². The molecular formula is C11H13FO2S. The van der Waals surface area contributed by atoms with Crippen molar-refractivity contribution in [3.8, 4) is 0 Å². The number of rotatable bonds is 5. The number of carboxylic acid groups (broad SMARTS) is 1. The van der Waals surface area contributed by atoms with Gasteiger partial charge in [-0.05, 0) is 12.5 Å². The van der Waals surface area contributed by atoms with Gasteiger partial charge in [0.25, 0.3) is 0 Å². The Morgan fingerprint density at radius 3 is 2.60 bits per heavy atom. The zero-order valence-electron chi connectivity index (χ0n) is 8.44. The van der Waals surface area contributed by atoms with Crippen LogP contribution in [0.5, 0.6) is 0 Å². The number of alkyl halides is 1. The van der Waals surface area contributed by atoms with Crippen LogP contribution in [0, 0.1) is 0 Å². The zero-order valence-corrected chi connectivity index (χ0v) is 9.26. The fraction of sp³-hybridized carbons (Fsp3) is 0.364. The van der Waals surface area contributed by atoms with E-state index in [2.05, 4.69) is 0 Å². The van der Waals surface area contributed by atoms with Crippen LogP contribution in [0.4, 0.5) is 4.39 Å². The van der Waals surface area contributed by atoms with Crippen LogP contribution in [0.2, 0.25) is 0 Å². The molecule has 1 aromatic rings. The van der Waals surface area contributed by atoms with E-state index in [1.807, 2.05) is 30.3 Å². The molecule has 1 rings (SSSR count). The van der Waals surface area contributed by atoms with E-state index in [-0.39, 0.29) is 5.75 Å². The van der Waals surface area contributed by atoms with E-state index in [1.54, 1.807) is 0 Å². The van der Waals surface area contributed by atoms with Crippen molar-refractivity contribution in [1.82, 2.24) is 0 Å². The van der Waals surface area contributed by atoms with Gasteiger partial charge in [0, 0.05) is 11.5 Å². The molecule has 4 heteroatoms. The van der Waals surface area contributed by atoms with Crippen molar-refractivity contribution in [2.24, 2.45) is 0 Å². The van der Waals surface area contributed by atoms with Crippen molar-refractivity contribution < 1.29 is 14.3 Å². The standard InChI is InChI=1S/C11H13FO2S/c1-11(12,10(13)14)8-15-7-9-5-3-2-4-6-9/h2-6H,7-8H2,1H3,(H,13,14)/t11-/m0/s1. The first-order chi connectivity index (χ1) is 7.02. The summed E-state index contributed by atoms with van der Waals surface area (Å²) in [6, 6.07) is 9.58. The lowest BCUT2D eigenvalue weighted by Gasteiger charge is -2.13. The lowest BCUT2D eigenvalue weighted by molar-refractivity contribution is -0.148. The van der Waals surface area contributed by atoms with E-state index in [1.165, 1.54) is 11.8 Å². The Morgan fingerprint density at radius 1 is 1.47 bits per heavy atom. The summed E-state index contributed by atoms with van der Waals surface area (Å²) in [5.74, 6) is -0.798. The molecule has 0 fully saturated rings. The molecule has 0 aromatic heterocycles. The second-order valence-electron chi connectivity index (χ2n) is 3.48. The topological polar surface area (TPSA) is 37.3 Å². The third kappa shape index (κ3) is 3.91. The van der Waals surface area contributed by atoms with Gasteiger partial charge < -0.3 is 5.11 Å². The van der Waals surface area contributed by atoms with Crippen LogP contribution >= 0.6 is 11.8 Å². The predicted molar refractivity (Wildman–Crippen MR) is 59.8 cm³/mol. The summed E-state index contributed by atoms with van der Waals surface area (Å²) in [4.78, 5) is 10.5. The maximum absolute atomic E-state index is 13.3. The Morgan fingerprint density at radius 2 is 2.07 bits per heavy atom. The Balaban J connectivity index is 2.37. The summed E-state index contributed by atoms with van der Waals surface area (Å²) in [7, 11) is 0. The summed E-state index contributed by atoms with van der Waals surface area (Å²) in [6.07, 6.45) is 0. The molecule has 0 bridgehead atoms. The second kappa shape index (κ2) is 5.16. The molecule has 0 aliphatic carbocycles. The third-order valence-corrected chi connectivity index (χ3v) is 3.21. The van der Waals surface area contributed by atoms with E-state index < -0.39 is 11.6 Å². The number of hydrogen-bond donors (Lipinski definition) is 1. The molecule has 0 aliphatic heterocycles. The zero-order chi connectivity index (χ0) is 11.3. The minimum Gasteiger partial charge on any atom is -0.479 e. The van der Waals surface area contributed by atoms with Gasteiger partial charge in [0.1, 0.15) is 0 Å². The molecule has 1 N–H and O–H groups in total. The van der Waals surface area contributed by atoms with Gasteiger partial charge in [-0.25, -0.2) is 9.18 Å². The van der Waals surface area contributed by atoms with E-state index in [0.717, 1.165) is 12.5 Å². The molecule has 0 radical (unpaired) electrons. The van der Waals surface area contributed by atoms with Crippen molar-refractivity contribution in [1.29, 1.82) is 0 Å². The van der Waals surface area contributed by atoms with E-state index in [9.17, 15) is 9.18 Å². The van der Waals surface area contributed by atoms with Gasteiger partial charge in [0.2, 0.25) is 5.67 Å². The number of carbonyl (C=O) groups is 1. The van der Waals surface area contributed by atoms with Crippen molar-refractivity contribution in [3.63, 3.8) is 0 Å². The minimum atomic E-state index is -2.14. The Kier molecular flexibility index (Phi) is 4.15. The van der Waals surface area contributed by atoms with Gasteiger partial charge in [-0.2, -0.15) is 11.8 Å². The number of thioether (sulfide) groups is 1. The van der Waals surface area contributed by atoms with Crippen LogP contribution in [0.1, 0.15) is 12.5 Å². The predicted octanol–water partition coefficient (Wildman–Crippen LogP) is 2.73. The molecule has 1 aromatic carbocycles. The maximum atomic E-state index is 13.3. The molecular weight excluding hydrogens is 215 g/mol. The Hall–Kier alpha value is -1.03. The molecule has 15 heavy (non-hydrogen) atoms. The van der Waals surface area contributed by atoms with Crippen molar-refractivity contribution >= 4 is 17.7 Å². The molecule has 0 spiro atoms. The lowest BCUT2D eigenvalue weighted by Crippen LogP contribution is -2.32. The van der Waals surface area contributed by atoms with Crippen LogP contribution in [-0.4, -0.2) is 22.5 Å². The van der Waals surface area contributed by atoms with Crippen molar-refractivity contribution in [2.45, 2.75) is 18.3 Å². The summed E-state index contributed by atoms with van der Waals surface area (Å²) in [5, 5.41) is 8.55. The highest BCUT2D eigenvalue weighted by Gasteiger charge is 2.32. The smallest absolute Gasteiger partial charge is 0.342 e. The summed E-state index contributed by atoms with van der Waals surface area (Å²) in [6.45, 7) is 1.09. The van der Waals surface area contributed by atoms with Crippen LogP contribution in [0.15, 0.2) is 30.3 Å². The SMILES string of the molecule is C[C@](F)(CSCc1ccccc1)C(=O)O. The maximum Gasteiger partial charge on any atom is 0.342 e. The largest absolute Gasteiger partial charge is 0.479 e. The molecule has 0 heterocycles. The molecule has 0 saturated heterocycles. The first-order valence-corrected chi connectivity index (χ1v) is 5.72. The van der Waals surface area contributed by atoms with Gasteiger partial charge in [0.05, 0.1) is 0 Å². The summed E-state index contributed by atoms with van der Waals surface area (Å²) >= 11 is 1.29. The number of hydrogen-bond acceptors (Lipinski definition) is 2. The monoisotopic (exact) mass is 228 g/mol. The fourth-order valence-corrected chi connectivity index (χ4v) is 2.03. The van der Waals surface area contributed by atoms with Gasteiger partial charge in [-0.3, -0.25) is 0 Å². The Labute approximate surface area is 92.5 Å². The average Bonchev–Trinajstić information content (AvgIpc) is 2.19. The lowest BCUT2D eigenvalue weighted by atomic mass is 10.2. The first-order valence-electron chi connectivity index (χ1n) is 4.56. The number of aliphatic carboxylic acids is 1. The highest BCUT2D eigenvalue weighted by molar-refractivity contribution is 7.98. The third-order valence-electron chi connectivity index (χ3n) is 1.93. The summed E-state index contributed by atoms with van der Waals surface area (Å²) in [5.41, 5.74) is -1.07. The molecule has 1 atom stereocenters. The highest BCUT2D eigenvalue weighted by Crippen LogP contribution is 2.21. The normalized spacial score (nSPS) is 14.5. The van der Waals surface area contributed by atoms with E-state index in [0.29, 0.717) is 5.75 Å². The van der Waals surface area contributed by atoms with Crippen LogP contribution in [-0.2, 0) is 10.5 Å². The number of benzene rings is 1. The highest BCUT2D eigenvalue weighted by atomic mass is 32.2. The van der Waals surface area contributed by atoms with Crippen molar-refractivity contribution in [3.05, 3.63) is 35.9 Å². The molecule has 82 valence electrons. The van der Waals surface area contributed by atoms with Crippen LogP contribution in [0.25, 0.3) is 0 Å². The number of halogens is 1. The second-order valence-corrected chi connectivity index (χ2v) is 4.47. The Bertz CT molecular complexity index is 325. The van der Waals surface area contributed by atoms with Crippen molar-refractivity contribution in [2.75, 3.05) is 5.75 Å². The molecule has 2 nitrogen and oxygen atoms in total. The number of carboxylic acids is 1. The average molecular weight is 228 g/mol. The van der Waals surface area contributed by atoms with Crippen LogP contribution < -0.4 is 0 Å². The molecule has 0 aliphatic rings. The quantitative estimate of drug-likeness (QED) is 0.842. The van der Waals surface area contributed by atoms with E-state index >= 15 is 0 Å². The molecule has 0 saturated carbocycles. The van der Waals surface area contributed by atoms with Gasteiger partial charge in [-0.15, -0.1) is 0 Å². The fourth-order valence-electron chi connectivity index (χ4n) is 0.997. The minimum absolute atomic E-state index is 0.0305.